The highest BCUT2D eigenvalue weighted by atomic mass is 16.3. The summed E-state index contributed by atoms with van der Waals surface area (Å²) < 4.78 is 6.60. The monoisotopic (exact) mass is 404 g/mol. The summed E-state index contributed by atoms with van der Waals surface area (Å²) in [5, 5.41) is 7.09. The maximum Gasteiger partial charge on any atom is 0.259 e. The molecule has 154 valence electrons. The van der Waals surface area contributed by atoms with Crippen LogP contribution < -0.4 is 5.32 Å². The minimum atomic E-state index is -0.256. The maximum atomic E-state index is 13.0. The number of furan rings is 1. The van der Waals surface area contributed by atoms with E-state index in [1.807, 2.05) is 36.2 Å². The first-order valence-corrected chi connectivity index (χ1v) is 10.4. The Kier molecular flexibility index (Phi) is 4.65. The van der Waals surface area contributed by atoms with Crippen molar-refractivity contribution >= 4 is 17.5 Å². The van der Waals surface area contributed by atoms with Crippen LogP contribution in [0.25, 0.3) is 5.69 Å². The Morgan fingerprint density at radius 2 is 1.80 bits per heavy atom. The number of hydrogen-bond donors (Lipinski definition) is 1. The molecule has 2 fully saturated rings. The maximum absolute atomic E-state index is 13.0. The van der Waals surface area contributed by atoms with Gasteiger partial charge in [0, 0.05) is 18.7 Å². The predicted octanol–water partition coefficient (Wildman–Crippen LogP) is 3.98. The van der Waals surface area contributed by atoms with E-state index in [-0.39, 0.29) is 11.8 Å². The average molecular weight is 404 g/mol. The molecule has 2 heterocycles. The fourth-order valence-electron chi connectivity index (χ4n) is 4.11. The molecular weight excluding hydrogens is 380 g/mol. The lowest BCUT2D eigenvalue weighted by Crippen LogP contribution is -2.40. The van der Waals surface area contributed by atoms with E-state index in [0.717, 1.165) is 5.69 Å². The van der Waals surface area contributed by atoms with Crippen molar-refractivity contribution in [1.82, 2.24) is 14.7 Å². The second kappa shape index (κ2) is 7.48. The Morgan fingerprint density at radius 1 is 1.10 bits per heavy atom. The lowest BCUT2D eigenvalue weighted by molar-refractivity contribution is 0.0690. The first kappa shape index (κ1) is 18.7. The van der Waals surface area contributed by atoms with Gasteiger partial charge in [-0.1, -0.05) is 0 Å². The van der Waals surface area contributed by atoms with Crippen LogP contribution in [0.4, 0.5) is 5.69 Å². The van der Waals surface area contributed by atoms with Crippen molar-refractivity contribution in [3.05, 3.63) is 66.4 Å². The summed E-state index contributed by atoms with van der Waals surface area (Å²) in [6.07, 6.45) is 11.2. The van der Waals surface area contributed by atoms with Crippen LogP contribution in [0.2, 0.25) is 0 Å². The summed E-state index contributed by atoms with van der Waals surface area (Å²) in [6, 6.07) is 9.43. The number of carbonyl (C=O) groups excluding carboxylic acids is 2. The zero-order valence-electron chi connectivity index (χ0n) is 16.8. The number of aromatic nitrogens is 2. The van der Waals surface area contributed by atoms with Gasteiger partial charge in [-0.15, -0.1) is 0 Å². The highest BCUT2D eigenvalue weighted by Crippen LogP contribution is 2.47. The fourth-order valence-corrected chi connectivity index (χ4v) is 4.11. The van der Waals surface area contributed by atoms with Crippen molar-refractivity contribution in [2.75, 3.05) is 12.4 Å². The number of rotatable bonds is 7. The molecule has 0 unspecified atom stereocenters. The third-order valence-electron chi connectivity index (χ3n) is 5.98. The molecule has 0 aliphatic heterocycles. The van der Waals surface area contributed by atoms with Crippen molar-refractivity contribution in [1.29, 1.82) is 0 Å². The van der Waals surface area contributed by atoms with Crippen molar-refractivity contribution in [3.63, 3.8) is 0 Å². The minimum absolute atomic E-state index is 0.0823. The molecule has 0 spiro atoms. The predicted molar refractivity (Wildman–Crippen MR) is 112 cm³/mol. The largest absolute Gasteiger partial charge is 0.472 e. The number of amides is 2. The number of nitrogens with one attached hydrogen (secondary N) is 1. The van der Waals surface area contributed by atoms with Gasteiger partial charge < -0.3 is 14.6 Å². The molecule has 2 saturated carbocycles. The Bertz CT molecular complexity index is 1030. The summed E-state index contributed by atoms with van der Waals surface area (Å²) in [5.41, 5.74) is 2.54. The van der Waals surface area contributed by atoms with Crippen LogP contribution in [0.15, 0.2) is 59.7 Å². The number of carbonyl (C=O) groups is 2. The molecule has 2 aromatic heterocycles. The Labute approximate surface area is 174 Å². The summed E-state index contributed by atoms with van der Waals surface area (Å²) in [4.78, 5) is 27.1. The van der Waals surface area contributed by atoms with E-state index in [0.29, 0.717) is 34.7 Å². The molecule has 0 bridgehead atoms. The zero-order valence-corrected chi connectivity index (χ0v) is 16.8. The summed E-state index contributed by atoms with van der Waals surface area (Å²) in [7, 11) is 1.94. The quantitative estimate of drug-likeness (QED) is 0.646. The van der Waals surface area contributed by atoms with E-state index < -0.39 is 0 Å². The molecule has 1 aromatic carbocycles. The molecule has 2 aliphatic rings. The lowest BCUT2D eigenvalue weighted by atomic mass is 10.0. The van der Waals surface area contributed by atoms with Crippen molar-refractivity contribution in [2.24, 2.45) is 11.8 Å². The normalized spacial score (nSPS) is 15.9. The topological polar surface area (TPSA) is 80.4 Å². The number of nitrogens with zero attached hydrogens (tertiary/aromatic N) is 3. The van der Waals surface area contributed by atoms with Gasteiger partial charge in [-0.25, -0.2) is 4.68 Å². The van der Waals surface area contributed by atoms with Crippen molar-refractivity contribution in [2.45, 2.75) is 31.7 Å². The van der Waals surface area contributed by atoms with Crippen molar-refractivity contribution < 1.29 is 14.0 Å². The molecule has 3 aromatic rings. The van der Waals surface area contributed by atoms with Crippen LogP contribution in [0.5, 0.6) is 0 Å². The van der Waals surface area contributed by atoms with Gasteiger partial charge in [-0.05, 0) is 67.9 Å². The van der Waals surface area contributed by atoms with Gasteiger partial charge in [0.25, 0.3) is 11.8 Å². The molecule has 1 N–H and O–H groups in total. The summed E-state index contributed by atoms with van der Waals surface area (Å²) >= 11 is 0. The van der Waals surface area contributed by atoms with Crippen LogP contribution in [-0.2, 0) is 0 Å². The smallest absolute Gasteiger partial charge is 0.259 e. The van der Waals surface area contributed by atoms with Crippen LogP contribution in [0, 0.1) is 11.8 Å². The fraction of sp³-hybridized carbons (Fsp3) is 0.348. The van der Waals surface area contributed by atoms with Crippen LogP contribution >= 0.6 is 0 Å². The van der Waals surface area contributed by atoms with Gasteiger partial charge in [0.15, 0.2) is 0 Å². The molecule has 2 amide bonds. The number of anilines is 1. The molecule has 0 atom stereocenters. The lowest BCUT2D eigenvalue weighted by Gasteiger charge is -2.28. The first-order valence-electron chi connectivity index (χ1n) is 10.4. The zero-order chi connectivity index (χ0) is 20.7. The highest BCUT2D eigenvalue weighted by molar-refractivity contribution is 6.03. The SMILES string of the molecule is CN(C(=O)c1ccc(-n2cc(NC(=O)c3ccoc3)cn2)cc1)C(C1CC1)C1CC1. The summed E-state index contributed by atoms with van der Waals surface area (Å²) in [6.45, 7) is 0. The van der Waals surface area contributed by atoms with Crippen LogP contribution in [-0.4, -0.2) is 39.6 Å². The van der Waals surface area contributed by atoms with E-state index in [1.165, 1.54) is 38.2 Å². The number of benzene rings is 1. The summed E-state index contributed by atoms with van der Waals surface area (Å²) in [5.74, 6) is 1.20. The van der Waals surface area contributed by atoms with Gasteiger partial charge in [0.05, 0.1) is 35.6 Å². The van der Waals surface area contributed by atoms with Gasteiger partial charge >= 0.3 is 0 Å². The molecule has 7 heteroatoms. The molecule has 7 nitrogen and oxygen atoms in total. The van der Waals surface area contributed by atoms with Gasteiger partial charge in [0.1, 0.15) is 6.26 Å². The van der Waals surface area contributed by atoms with E-state index in [2.05, 4.69) is 10.4 Å². The van der Waals surface area contributed by atoms with E-state index >= 15 is 0 Å². The van der Waals surface area contributed by atoms with E-state index in [9.17, 15) is 9.59 Å². The van der Waals surface area contributed by atoms with Gasteiger partial charge in [-0.2, -0.15) is 5.10 Å². The third-order valence-corrected chi connectivity index (χ3v) is 5.98. The highest BCUT2D eigenvalue weighted by Gasteiger charge is 2.45. The van der Waals surface area contributed by atoms with Crippen LogP contribution in [0.1, 0.15) is 46.4 Å². The van der Waals surface area contributed by atoms with Gasteiger partial charge in [-0.3, -0.25) is 9.59 Å². The third kappa shape index (κ3) is 3.75. The molecule has 5 rings (SSSR count). The first-order chi connectivity index (χ1) is 14.6. The van der Waals surface area contributed by atoms with Crippen molar-refractivity contribution in [3.8, 4) is 5.69 Å². The Balaban J connectivity index is 1.26. The molecule has 0 radical (unpaired) electrons. The average Bonchev–Trinajstić information content (AvgIpc) is 3.67. The molecular formula is C23H24N4O3. The van der Waals surface area contributed by atoms with Gasteiger partial charge in [0.2, 0.25) is 0 Å². The number of hydrogen-bond acceptors (Lipinski definition) is 4. The minimum Gasteiger partial charge on any atom is -0.472 e. The molecule has 30 heavy (non-hydrogen) atoms. The standard InChI is InChI=1S/C23H24N4O3/c1-26(21(15-2-3-15)16-4-5-16)23(29)17-6-8-20(9-7-17)27-13-19(12-24-27)25-22(28)18-10-11-30-14-18/h6-16,21H,2-5H2,1H3,(H,25,28). The van der Waals surface area contributed by atoms with Crippen LogP contribution in [0.3, 0.4) is 0 Å². The molecule has 0 saturated heterocycles. The second-order valence-electron chi connectivity index (χ2n) is 8.27. The second-order valence-corrected chi connectivity index (χ2v) is 8.27. The van der Waals surface area contributed by atoms with E-state index in [1.54, 1.807) is 23.1 Å². The molecule has 2 aliphatic carbocycles. The van der Waals surface area contributed by atoms with E-state index in [4.69, 9.17) is 4.42 Å². The Morgan fingerprint density at radius 3 is 2.40 bits per heavy atom. The Hall–Kier alpha value is -3.35.